The number of ether oxygens (including phenoxy) is 1. The summed E-state index contributed by atoms with van der Waals surface area (Å²) in [7, 11) is 5.51. The topological polar surface area (TPSA) is 9.23 Å². The van der Waals surface area contributed by atoms with E-state index in [9.17, 15) is 0 Å². The molecule has 1 rings (SSSR count). The molecule has 3 heteroatoms. The van der Waals surface area contributed by atoms with E-state index in [0.717, 1.165) is 6.42 Å². The zero-order chi connectivity index (χ0) is 6.85. The van der Waals surface area contributed by atoms with Crippen LogP contribution in [0.15, 0.2) is 0 Å². The Hall–Kier alpha value is 1.13. The summed E-state index contributed by atoms with van der Waals surface area (Å²) in [5.41, 5.74) is 0. The summed E-state index contributed by atoms with van der Waals surface area (Å²) in [6.07, 6.45) is 3.47. The molecule has 0 amide bonds. The van der Waals surface area contributed by atoms with Crippen LogP contribution in [0.2, 0.25) is 0 Å². The molecule has 3 radical (unpaired) electrons. The second-order valence-corrected chi connectivity index (χ2v) is 2.60. The van der Waals surface area contributed by atoms with E-state index in [1.54, 1.807) is 0 Å². The zero-order valence-electron chi connectivity index (χ0n) is 6.58. The molecule has 1 aliphatic heterocycles. The van der Waals surface area contributed by atoms with Crippen molar-refractivity contribution in [2.75, 3.05) is 0 Å². The van der Waals surface area contributed by atoms with Gasteiger partial charge in [0.15, 0.2) is 0 Å². The van der Waals surface area contributed by atoms with Gasteiger partial charge in [-0.25, -0.2) is 0 Å². The minimum absolute atomic E-state index is 0. The van der Waals surface area contributed by atoms with E-state index in [1.165, 1.54) is 0 Å². The largest absolute Gasteiger partial charge is 0.418 e. The van der Waals surface area contributed by atoms with E-state index in [-0.39, 0.29) is 38.7 Å². The molecule has 1 aliphatic rings. The first kappa shape index (κ1) is 11.1. The van der Waals surface area contributed by atoms with Crippen LogP contribution in [-0.2, 0) is 37.4 Å². The van der Waals surface area contributed by atoms with Gasteiger partial charge in [0, 0.05) is 38.8 Å². The number of hydrogen-bond acceptors (Lipinski definition) is 1. The molecule has 1 saturated heterocycles. The van der Waals surface area contributed by atoms with Gasteiger partial charge in [-0.3, -0.25) is 0 Å². The van der Waals surface area contributed by atoms with Crippen molar-refractivity contribution in [2.24, 2.45) is 5.92 Å². The van der Waals surface area contributed by atoms with E-state index in [4.69, 9.17) is 12.6 Å². The van der Waals surface area contributed by atoms with Crippen molar-refractivity contribution in [1.29, 1.82) is 0 Å². The third kappa shape index (κ3) is 2.64. The Bertz CT molecular complexity index is 99.6. The van der Waals surface area contributed by atoms with Crippen molar-refractivity contribution in [3.8, 4) is 0 Å². The third-order valence-electron chi connectivity index (χ3n) is 1.81. The summed E-state index contributed by atoms with van der Waals surface area (Å²) in [6.45, 7) is 4.26. The molecule has 0 saturated carbocycles. The van der Waals surface area contributed by atoms with Gasteiger partial charge in [-0.1, -0.05) is 19.9 Å². The molecule has 0 aromatic rings. The normalized spacial score (nSPS) is 39.2. The molecule has 3 unspecified atom stereocenters. The van der Waals surface area contributed by atoms with Crippen molar-refractivity contribution in [3.05, 3.63) is 6.42 Å². The average Bonchev–Trinajstić information content (AvgIpc) is 2.10. The molecule has 0 aromatic carbocycles. The quantitative estimate of drug-likeness (QED) is 0.467. The van der Waals surface area contributed by atoms with Crippen molar-refractivity contribution < 1.29 is 37.4 Å². The summed E-state index contributed by atoms with van der Waals surface area (Å²) in [5, 5.41) is 0. The molecule has 3 atom stereocenters. The number of rotatable bonds is 1. The van der Waals surface area contributed by atoms with Crippen LogP contribution >= 0.6 is 0 Å². The van der Waals surface area contributed by atoms with E-state index in [2.05, 4.69) is 13.8 Å². The van der Waals surface area contributed by atoms with E-state index in [0.29, 0.717) is 12.0 Å². The van der Waals surface area contributed by atoms with Crippen molar-refractivity contribution >= 4 is 7.85 Å². The summed E-state index contributed by atoms with van der Waals surface area (Å²) >= 11 is 0. The first-order chi connectivity index (χ1) is 4.24. The van der Waals surface area contributed by atoms with Crippen LogP contribution in [0, 0.1) is 12.3 Å². The van der Waals surface area contributed by atoms with Crippen molar-refractivity contribution in [3.63, 3.8) is 0 Å². The molecule has 1 heterocycles. The van der Waals surface area contributed by atoms with E-state index >= 15 is 0 Å². The molecule has 0 aromatic heterocycles. The van der Waals surface area contributed by atoms with Gasteiger partial charge in [0.2, 0.25) is 0 Å². The fourth-order valence-corrected chi connectivity index (χ4v) is 1.26. The van der Waals surface area contributed by atoms with Gasteiger partial charge in [-0.05, 0) is 6.42 Å². The predicted molar refractivity (Wildman–Crippen MR) is 38.2 cm³/mol. The summed E-state index contributed by atoms with van der Waals surface area (Å²) < 4.78 is 5.34. The van der Waals surface area contributed by atoms with Gasteiger partial charge >= 0.3 is 0 Å². The molecule has 0 spiro atoms. The van der Waals surface area contributed by atoms with Gasteiger partial charge < -0.3 is 11.2 Å². The average molecular weight is 212 g/mol. The van der Waals surface area contributed by atoms with Crippen LogP contribution in [0.25, 0.3) is 0 Å². The van der Waals surface area contributed by atoms with Crippen LogP contribution in [-0.4, -0.2) is 20.0 Å². The van der Waals surface area contributed by atoms with Gasteiger partial charge in [0.05, 0.1) is 7.85 Å². The second-order valence-electron chi connectivity index (χ2n) is 2.60. The molecule has 10 heavy (non-hydrogen) atoms. The molecular weight excluding hydrogens is 200 g/mol. The van der Waals surface area contributed by atoms with Crippen molar-refractivity contribution in [1.82, 2.24) is 0 Å². The standard InChI is InChI=1S/C7H12BO.Y/c1-3-6-5(2)4-7(8)9-6;/h4-7H,3H2,1-2H3;/q-1;. The monoisotopic (exact) mass is 212 g/mol. The third-order valence-corrected chi connectivity index (χ3v) is 1.81. The van der Waals surface area contributed by atoms with Gasteiger partial charge in [0.1, 0.15) is 0 Å². The Morgan fingerprint density at radius 3 is 2.40 bits per heavy atom. The molecule has 1 nitrogen and oxygen atoms in total. The van der Waals surface area contributed by atoms with Gasteiger partial charge in [-0.15, -0.1) is 5.92 Å². The Balaban J connectivity index is 0.000000810. The van der Waals surface area contributed by atoms with E-state index < -0.39 is 0 Å². The van der Waals surface area contributed by atoms with Gasteiger partial charge in [0.25, 0.3) is 0 Å². The molecule has 0 bridgehead atoms. The van der Waals surface area contributed by atoms with E-state index in [1.807, 2.05) is 6.42 Å². The molecule has 0 aliphatic carbocycles. The Morgan fingerprint density at radius 2 is 2.20 bits per heavy atom. The fraction of sp³-hybridized carbons (Fsp3) is 0.857. The predicted octanol–water partition coefficient (Wildman–Crippen LogP) is 1.13. The van der Waals surface area contributed by atoms with Crippen LogP contribution < -0.4 is 0 Å². The smallest absolute Gasteiger partial charge is 0.0625 e. The van der Waals surface area contributed by atoms with Crippen LogP contribution in [0.4, 0.5) is 0 Å². The minimum Gasteiger partial charge on any atom is -0.418 e. The minimum atomic E-state index is -0.120. The van der Waals surface area contributed by atoms with Crippen LogP contribution in [0.5, 0.6) is 0 Å². The second kappa shape index (κ2) is 4.90. The zero-order valence-corrected chi connectivity index (χ0v) is 9.42. The van der Waals surface area contributed by atoms with Crippen LogP contribution in [0.3, 0.4) is 0 Å². The van der Waals surface area contributed by atoms with Crippen LogP contribution in [0.1, 0.15) is 20.3 Å². The summed E-state index contributed by atoms with van der Waals surface area (Å²) in [5.74, 6) is 0.532. The molecule has 1 fully saturated rings. The Kier molecular flexibility index (Phi) is 5.45. The molecule has 0 N–H and O–H groups in total. The number of hydrogen-bond donors (Lipinski definition) is 0. The summed E-state index contributed by atoms with van der Waals surface area (Å²) in [4.78, 5) is 0. The first-order valence-corrected chi connectivity index (χ1v) is 3.50. The summed E-state index contributed by atoms with van der Waals surface area (Å²) in [6, 6.07) is -0.120. The van der Waals surface area contributed by atoms with Gasteiger partial charge in [-0.2, -0.15) is 0 Å². The maximum absolute atomic E-state index is 5.51. The first-order valence-electron chi connectivity index (χ1n) is 3.50. The maximum atomic E-state index is 5.51. The Labute approximate surface area is 89.6 Å². The van der Waals surface area contributed by atoms with Crippen molar-refractivity contribution in [2.45, 2.75) is 32.4 Å². The SMILES string of the molecule is [B]C1[CH-]C(C)C(CC)O1.[Y]. The maximum Gasteiger partial charge on any atom is 0.0625 e. The molecular formula is C7H12BOY-. The Morgan fingerprint density at radius 1 is 1.60 bits per heavy atom. The fourth-order valence-electron chi connectivity index (χ4n) is 1.26. The molecule has 53 valence electrons.